The monoisotopic (exact) mass is 237 g/mol. The van der Waals surface area contributed by atoms with E-state index in [9.17, 15) is 14.9 Å². The van der Waals surface area contributed by atoms with Crippen LogP contribution >= 0.6 is 0 Å². The molecule has 1 unspecified atom stereocenters. The molecule has 17 heavy (non-hydrogen) atoms. The fourth-order valence-electron chi connectivity index (χ4n) is 1.61. The molecule has 6 heteroatoms. The molecule has 1 heterocycles. The zero-order valence-electron chi connectivity index (χ0n) is 9.00. The SMILES string of the molecule is O=C1OCCC1COc1ccccc1[N+](=O)[O-]. The number of benzene rings is 1. The molecular weight excluding hydrogens is 226 g/mol. The molecule has 1 saturated heterocycles. The van der Waals surface area contributed by atoms with Gasteiger partial charge in [0.05, 0.1) is 17.4 Å². The van der Waals surface area contributed by atoms with Crippen LogP contribution in [0.5, 0.6) is 5.75 Å². The van der Waals surface area contributed by atoms with E-state index in [2.05, 4.69) is 0 Å². The highest BCUT2D eigenvalue weighted by Crippen LogP contribution is 2.27. The van der Waals surface area contributed by atoms with Gasteiger partial charge in [0.15, 0.2) is 5.75 Å². The van der Waals surface area contributed by atoms with Crippen molar-refractivity contribution in [1.82, 2.24) is 0 Å². The number of para-hydroxylation sites is 2. The molecule has 1 aromatic rings. The van der Waals surface area contributed by atoms with Gasteiger partial charge in [0, 0.05) is 6.07 Å². The minimum atomic E-state index is -0.512. The van der Waals surface area contributed by atoms with Crippen molar-refractivity contribution in [1.29, 1.82) is 0 Å². The third kappa shape index (κ3) is 2.52. The summed E-state index contributed by atoms with van der Waals surface area (Å²) in [5, 5.41) is 10.7. The Morgan fingerprint density at radius 1 is 1.47 bits per heavy atom. The van der Waals surface area contributed by atoms with E-state index in [1.807, 2.05) is 0 Å². The van der Waals surface area contributed by atoms with Gasteiger partial charge in [-0.1, -0.05) is 12.1 Å². The first-order valence-electron chi connectivity index (χ1n) is 5.21. The number of nitro benzene ring substituents is 1. The number of hydrogen-bond donors (Lipinski definition) is 0. The van der Waals surface area contributed by atoms with Crippen LogP contribution in [0.2, 0.25) is 0 Å². The van der Waals surface area contributed by atoms with Crippen molar-refractivity contribution in [2.45, 2.75) is 6.42 Å². The Labute approximate surface area is 97.3 Å². The molecule has 6 nitrogen and oxygen atoms in total. The van der Waals surface area contributed by atoms with E-state index in [1.165, 1.54) is 12.1 Å². The zero-order valence-corrected chi connectivity index (χ0v) is 9.00. The number of carbonyl (C=O) groups is 1. The number of carbonyl (C=O) groups excluding carboxylic acids is 1. The van der Waals surface area contributed by atoms with Crippen LogP contribution < -0.4 is 4.74 Å². The predicted octanol–water partition coefficient (Wildman–Crippen LogP) is 1.54. The Hall–Kier alpha value is -2.11. The number of nitro groups is 1. The summed E-state index contributed by atoms with van der Waals surface area (Å²) in [6, 6.07) is 6.09. The van der Waals surface area contributed by atoms with Crippen molar-refractivity contribution in [3.63, 3.8) is 0 Å². The van der Waals surface area contributed by atoms with Crippen LogP contribution in [0.25, 0.3) is 0 Å². The van der Waals surface area contributed by atoms with Crippen molar-refractivity contribution in [3.05, 3.63) is 34.4 Å². The van der Waals surface area contributed by atoms with E-state index in [0.717, 1.165) is 0 Å². The molecule has 1 atom stereocenters. The summed E-state index contributed by atoms with van der Waals surface area (Å²) in [6.07, 6.45) is 0.597. The van der Waals surface area contributed by atoms with E-state index in [-0.39, 0.29) is 29.9 Å². The summed E-state index contributed by atoms with van der Waals surface area (Å²) in [5.41, 5.74) is -0.0983. The van der Waals surface area contributed by atoms with E-state index >= 15 is 0 Å². The maximum Gasteiger partial charge on any atom is 0.312 e. The van der Waals surface area contributed by atoms with Gasteiger partial charge in [0.1, 0.15) is 6.61 Å². The number of hydrogen-bond acceptors (Lipinski definition) is 5. The van der Waals surface area contributed by atoms with Crippen molar-refractivity contribution < 1.29 is 19.2 Å². The molecule has 0 radical (unpaired) electrons. The van der Waals surface area contributed by atoms with Crippen LogP contribution in [-0.2, 0) is 9.53 Å². The lowest BCUT2D eigenvalue weighted by Gasteiger charge is -2.08. The highest BCUT2D eigenvalue weighted by atomic mass is 16.6. The van der Waals surface area contributed by atoms with Gasteiger partial charge in [-0.2, -0.15) is 0 Å². The zero-order chi connectivity index (χ0) is 12.3. The average molecular weight is 237 g/mol. The van der Waals surface area contributed by atoms with Crippen LogP contribution in [0, 0.1) is 16.0 Å². The molecular formula is C11H11NO5. The lowest BCUT2D eigenvalue weighted by atomic mass is 10.1. The molecule has 1 aliphatic heterocycles. The molecule has 1 fully saturated rings. The van der Waals surface area contributed by atoms with Gasteiger partial charge in [-0.3, -0.25) is 14.9 Å². The van der Waals surface area contributed by atoms with Crippen LogP contribution in [0.1, 0.15) is 6.42 Å². The van der Waals surface area contributed by atoms with Gasteiger partial charge in [0.25, 0.3) is 0 Å². The Balaban J connectivity index is 2.03. The highest BCUT2D eigenvalue weighted by Gasteiger charge is 2.28. The third-order valence-electron chi connectivity index (χ3n) is 2.55. The smallest absolute Gasteiger partial charge is 0.312 e. The Morgan fingerprint density at radius 3 is 2.88 bits per heavy atom. The van der Waals surface area contributed by atoms with Crippen LogP contribution in [0.15, 0.2) is 24.3 Å². The van der Waals surface area contributed by atoms with E-state index < -0.39 is 4.92 Å². The van der Waals surface area contributed by atoms with Crippen molar-refractivity contribution in [2.24, 2.45) is 5.92 Å². The molecule has 0 aliphatic carbocycles. The van der Waals surface area contributed by atoms with E-state index in [0.29, 0.717) is 13.0 Å². The second-order valence-electron chi connectivity index (χ2n) is 3.69. The second kappa shape index (κ2) is 4.82. The Kier molecular flexibility index (Phi) is 3.22. The summed E-state index contributed by atoms with van der Waals surface area (Å²) >= 11 is 0. The predicted molar refractivity (Wildman–Crippen MR) is 57.7 cm³/mol. The average Bonchev–Trinajstić information content (AvgIpc) is 2.72. The van der Waals surface area contributed by atoms with Crippen molar-refractivity contribution in [3.8, 4) is 5.75 Å². The molecule has 0 N–H and O–H groups in total. The van der Waals surface area contributed by atoms with Gasteiger partial charge in [-0.25, -0.2) is 0 Å². The van der Waals surface area contributed by atoms with E-state index in [1.54, 1.807) is 12.1 Å². The minimum absolute atomic E-state index is 0.0983. The fourth-order valence-corrected chi connectivity index (χ4v) is 1.61. The van der Waals surface area contributed by atoms with E-state index in [4.69, 9.17) is 9.47 Å². The van der Waals surface area contributed by atoms with Gasteiger partial charge >= 0.3 is 11.7 Å². The van der Waals surface area contributed by atoms with Crippen molar-refractivity contribution >= 4 is 11.7 Å². The summed E-state index contributed by atoms with van der Waals surface area (Å²) in [6.45, 7) is 0.507. The number of nitrogens with zero attached hydrogens (tertiary/aromatic N) is 1. The maximum atomic E-state index is 11.2. The van der Waals surface area contributed by atoms with Gasteiger partial charge in [0.2, 0.25) is 0 Å². The Morgan fingerprint density at radius 2 is 2.24 bits per heavy atom. The first-order chi connectivity index (χ1) is 8.18. The number of ether oxygens (including phenoxy) is 2. The number of cyclic esters (lactones) is 1. The second-order valence-corrected chi connectivity index (χ2v) is 3.69. The van der Waals surface area contributed by atoms with Gasteiger partial charge in [-0.15, -0.1) is 0 Å². The molecule has 0 saturated carbocycles. The topological polar surface area (TPSA) is 78.7 Å². The third-order valence-corrected chi connectivity index (χ3v) is 2.55. The molecule has 0 amide bonds. The molecule has 0 aromatic heterocycles. The molecule has 2 rings (SSSR count). The summed E-state index contributed by atoms with van der Waals surface area (Å²) in [4.78, 5) is 21.4. The summed E-state index contributed by atoms with van der Waals surface area (Å²) in [7, 11) is 0. The van der Waals surface area contributed by atoms with Crippen LogP contribution in [0.4, 0.5) is 5.69 Å². The summed E-state index contributed by atoms with van der Waals surface area (Å²) in [5.74, 6) is -0.449. The normalized spacial score (nSPS) is 18.8. The quantitative estimate of drug-likeness (QED) is 0.451. The summed E-state index contributed by atoms with van der Waals surface area (Å²) < 4.78 is 10.1. The van der Waals surface area contributed by atoms with Crippen LogP contribution in [-0.4, -0.2) is 24.1 Å². The fraction of sp³-hybridized carbons (Fsp3) is 0.364. The largest absolute Gasteiger partial charge is 0.486 e. The molecule has 90 valence electrons. The molecule has 0 bridgehead atoms. The first kappa shape index (κ1) is 11.4. The highest BCUT2D eigenvalue weighted by molar-refractivity contribution is 5.74. The first-order valence-corrected chi connectivity index (χ1v) is 5.21. The minimum Gasteiger partial charge on any atom is -0.486 e. The van der Waals surface area contributed by atoms with Gasteiger partial charge < -0.3 is 9.47 Å². The molecule has 0 spiro atoms. The molecule has 1 aromatic carbocycles. The standard InChI is InChI=1S/C11H11NO5/c13-11-8(5-6-16-11)7-17-10-4-2-1-3-9(10)12(14)15/h1-4,8H,5-7H2. The molecule has 1 aliphatic rings. The lowest BCUT2D eigenvalue weighted by molar-refractivity contribution is -0.385. The lowest BCUT2D eigenvalue weighted by Crippen LogP contribution is -2.17. The maximum absolute atomic E-state index is 11.2. The van der Waals surface area contributed by atoms with Gasteiger partial charge in [-0.05, 0) is 12.5 Å². The van der Waals surface area contributed by atoms with Crippen molar-refractivity contribution in [2.75, 3.05) is 13.2 Å². The number of esters is 1. The van der Waals surface area contributed by atoms with Crippen LogP contribution in [0.3, 0.4) is 0 Å². The Bertz CT molecular complexity index is 445. The number of rotatable bonds is 4.